The Hall–Kier alpha value is -2.31. The molecule has 0 heterocycles. The first-order valence-corrected chi connectivity index (χ1v) is 5.01. The Bertz CT molecular complexity index is 461. The molecule has 0 unspecified atom stereocenters. The average molecular weight is 254 g/mol. The van der Waals surface area contributed by atoms with Gasteiger partial charge in [-0.2, -0.15) is 0 Å². The van der Waals surface area contributed by atoms with Crippen LogP contribution in [0.5, 0.6) is 11.5 Å². The van der Waals surface area contributed by atoms with Crippen molar-refractivity contribution in [2.75, 3.05) is 33.4 Å². The number of carbonyl (C=O) groups excluding carboxylic acids is 1. The van der Waals surface area contributed by atoms with Crippen LogP contribution in [0.2, 0.25) is 0 Å². The molecule has 0 fully saturated rings. The molecule has 7 heteroatoms. The lowest BCUT2D eigenvalue weighted by molar-refractivity contribution is 0.0596. The number of benzene rings is 1. The predicted octanol–water partition coefficient (Wildman–Crippen LogP) is 1.61. The van der Waals surface area contributed by atoms with Crippen molar-refractivity contribution in [3.05, 3.63) is 22.6 Å². The molecular formula is C11H14N2O5. The molecule has 0 saturated carbocycles. The molecule has 98 valence electrons. The average Bonchev–Trinajstić information content (AvgIpc) is 2.43. The number of nitroso groups, excluding NO2 is 1. The summed E-state index contributed by atoms with van der Waals surface area (Å²) in [5.74, 6) is -0.127. The summed E-state index contributed by atoms with van der Waals surface area (Å²) in [7, 11) is 5.52. The minimum Gasteiger partial charge on any atom is -0.492 e. The first kappa shape index (κ1) is 13.8. The van der Waals surface area contributed by atoms with Gasteiger partial charge in [0.1, 0.15) is 11.3 Å². The fourth-order valence-electron chi connectivity index (χ4n) is 1.52. The van der Waals surface area contributed by atoms with Crippen LogP contribution in [0.4, 0.5) is 5.69 Å². The standard InChI is InChI=1S/C11H14N2O5/c1-13(12-15)8-6-5-7(11(14)18-4)9(16-2)10(8)17-3/h5-6H,1-4H3. The Labute approximate surface area is 104 Å². The largest absolute Gasteiger partial charge is 0.492 e. The van der Waals surface area contributed by atoms with Gasteiger partial charge in [0.25, 0.3) is 0 Å². The van der Waals surface area contributed by atoms with Crippen LogP contribution < -0.4 is 14.5 Å². The number of methoxy groups -OCH3 is 3. The Morgan fingerprint density at radius 3 is 2.22 bits per heavy atom. The number of nitrogens with zero attached hydrogens (tertiary/aromatic N) is 2. The summed E-state index contributed by atoms with van der Waals surface area (Å²) < 4.78 is 14.9. The van der Waals surface area contributed by atoms with E-state index in [1.165, 1.54) is 40.5 Å². The zero-order valence-corrected chi connectivity index (χ0v) is 10.6. The van der Waals surface area contributed by atoms with E-state index >= 15 is 0 Å². The minimum atomic E-state index is -0.557. The van der Waals surface area contributed by atoms with Gasteiger partial charge in [-0.25, -0.2) is 9.80 Å². The van der Waals surface area contributed by atoms with Crippen LogP contribution in [-0.4, -0.2) is 34.3 Å². The van der Waals surface area contributed by atoms with Crippen LogP contribution in [0, 0.1) is 4.91 Å². The highest BCUT2D eigenvalue weighted by molar-refractivity contribution is 5.95. The van der Waals surface area contributed by atoms with Crippen LogP contribution in [0.25, 0.3) is 0 Å². The normalized spacial score (nSPS) is 9.56. The number of anilines is 1. The summed E-state index contributed by atoms with van der Waals surface area (Å²) in [4.78, 5) is 22.1. The summed E-state index contributed by atoms with van der Waals surface area (Å²) in [6.07, 6.45) is 0. The molecule has 0 radical (unpaired) electrons. The molecule has 1 aromatic rings. The van der Waals surface area contributed by atoms with Crippen molar-refractivity contribution in [2.45, 2.75) is 0 Å². The third-order valence-corrected chi connectivity index (χ3v) is 2.38. The summed E-state index contributed by atoms with van der Waals surface area (Å²) in [6.45, 7) is 0. The second-order valence-electron chi connectivity index (χ2n) is 3.30. The maximum Gasteiger partial charge on any atom is 0.341 e. The van der Waals surface area contributed by atoms with Crippen LogP contribution >= 0.6 is 0 Å². The lowest BCUT2D eigenvalue weighted by atomic mass is 10.1. The van der Waals surface area contributed by atoms with E-state index in [4.69, 9.17) is 9.47 Å². The maximum atomic E-state index is 11.6. The van der Waals surface area contributed by atoms with E-state index in [0.717, 1.165) is 5.01 Å². The highest BCUT2D eigenvalue weighted by Gasteiger charge is 2.22. The fourth-order valence-corrected chi connectivity index (χ4v) is 1.52. The van der Waals surface area contributed by atoms with Crippen LogP contribution in [0.1, 0.15) is 10.4 Å². The second-order valence-corrected chi connectivity index (χ2v) is 3.30. The Kier molecular flexibility index (Phi) is 4.47. The van der Waals surface area contributed by atoms with Crippen LogP contribution in [0.3, 0.4) is 0 Å². The molecule has 0 atom stereocenters. The topological polar surface area (TPSA) is 77.4 Å². The molecule has 0 aliphatic carbocycles. The zero-order valence-electron chi connectivity index (χ0n) is 10.6. The molecule has 0 spiro atoms. The van der Waals surface area contributed by atoms with Gasteiger partial charge in [-0.3, -0.25) is 0 Å². The predicted molar refractivity (Wildman–Crippen MR) is 65.1 cm³/mol. The molecule has 0 aliphatic heterocycles. The number of ether oxygens (including phenoxy) is 3. The molecule has 0 bridgehead atoms. The van der Waals surface area contributed by atoms with E-state index in [1.54, 1.807) is 0 Å². The van der Waals surface area contributed by atoms with Gasteiger partial charge in [-0.05, 0) is 12.1 Å². The van der Waals surface area contributed by atoms with E-state index < -0.39 is 5.97 Å². The number of esters is 1. The first-order chi connectivity index (χ1) is 8.60. The Morgan fingerprint density at radius 1 is 1.17 bits per heavy atom. The lowest BCUT2D eigenvalue weighted by Crippen LogP contribution is -2.11. The van der Waals surface area contributed by atoms with Gasteiger partial charge < -0.3 is 14.2 Å². The van der Waals surface area contributed by atoms with Crippen molar-refractivity contribution in [1.82, 2.24) is 0 Å². The minimum absolute atomic E-state index is 0.192. The maximum absolute atomic E-state index is 11.6. The molecule has 18 heavy (non-hydrogen) atoms. The van der Waals surface area contributed by atoms with Crippen molar-refractivity contribution < 1.29 is 19.0 Å². The van der Waals surface area contributed by atoms with E-state index in [9.17, 15) is 9.70 Å². The van der Waals surface area contributed by atoms with Crippen LogP contribution in [0.15, 0.2) is 17.4 Å². The van der Waals surface area contributed by atoms with E-state index in [1.807, 2.05) is 0 Å². The Morgan fingerprint density at radius 2 is 1.78 bits per heavy atom. The number of rotatable bonds is 5. The Balaban J connectivity index is 3.45. The number of hydrogen-bond acceptors (Lipinski definition) is 6. The van der Waals surface area contributed by atoms with E-state index in [0.29, 0.717) is 5.69 Å². The third kappa shape index (κ3) is 2.34. The van der Waals surface area contributed by atoms with Crippen LogP contribution in [-0.2, 0) is 4.74 Å². The van der Waals surface area contributed by atoms with Crippen molar-refractivity contribution in [2.24, 2.45) is 5.29 Å². The van der Waals surface area contributed by atoms with Gasteiger partial charge in [-0.15, -0.1) is 4.91 Å². The quantitative estimate of drug-likeness (QED) is 0.451. The van der Waals surface area contributed by atoms with Gasteiger partial charge in [0.15, 0.2) is 11.5 Å². The van der Waals surface area contributed by atoms with Crippen molar-refractivity contribution >= 4 is 11.7 Å². The summed E-state index contributed by atoms with van der Waals surface area (Å²) in [5.41, 5.74) is 0.594. The molecule has 7 nitrogen and oxygen atoms in total. The van der Waals surface area contributed by atoms with Crippen molar-refractivity contribution in [3.63, 3.8) is 0 Å². The zero-order chi connectivity index (χ0) is 13.7. The fraction of sp³-hybridized carbons (Fsp3) is 0.364. The van der Waals surface area contributed by atoms with Gasteiger partial charge >= 0.3 is 5.97 Å². The van der Waals surface area contributed by atoms with Crippen molar-refractivity contribution in [3.8, 4) is 11.5 Å². The summed E-state index contributed by atoms with van der Waals surface area (Å²) >= 11 is 0. The molecule has 0 aliphatic rings. The molecule has 0 N–H and O–H groups in total. The van der Waals surface area contributed by atoms with Gasteiger partial charge in [0, 0.05) is 7.05 Å². The lowest BCUT2D eigenvalue weighted by Gasteiger charge is -2.17. The van der Waals surface area contributed by atoms with Gasteiger partial charge in [0.05, 0.1) is 26.6 Å². The van der Waals surface area contributed by atoms with Gasteiger partial charge in [-0.1, -0.05) is 0 Å². The molecule has 1 aromatic carbocycles. The second kappa shape index (κ2) is 5.85. The van der Waals surface area contributed by atoms with E-state index in [-0.39, 0.29) is 17.1 Å². The van der Waals surface area contributed by atoms with Crippen molar-refractivity contribution in [1.29, 1.82) is 0 Å². The number of carbonyl (C=O) groups is 1. The number of hydrogen-bond donors (Lipinski definition) is 0. The molecule has 1 rings (SSSR count). The highest BCUT2D eigenvalue weighted by atomic mass is 16.5. The highest BCUT2D eigenvalue weighted by Crippen LogP contribution is 2.40. The molecule has 0 saturated heterocycles. The molecule has 0 aromatic heterocycles. The summed E-state index contributed by atoms with van der Waals surface area (Å²) in [5, 5.41) is 3.84. The smallest absolute Gasteiger partial charge is 0.341 e. The third-order valence-electron chi connectivity index (χ3n) is 2.38. The molecular weight excluding hydrogens is 240 g/mol. The molecule has 0 amide bonds. The first-order valence-electron chi connectivity index (χ1n) is 5.01. The summed E-state index contributed by atoms with van der Waals surface area (Å²) in [6, 6.07) is 3.00. The monoisotopic (exact) mass is 254 g/mol. The SMILES string of the molecule is COC(=O)c1ccc(N(C)N=O)c(OC)c1OC. The van der Waals surface area contributed by atoms with E-state index in [2.05, 4.69) is 10.0 Å². The van der Waals surface area contributed by atoms with Gasteiger partial charge in [0.2, 0.25) is 0 Å².